The number of halogens is 4. The number of esters is 1. The van der Waals surface area contributed by atoms with Gasteiger partial charge in [-0.05, 0) is 101 Å². The van der Waals surface area contributed by atoms with Crippen molar-refractivity contribution in [3.63, 3.8) is 0 Å². The smallest absolute Gasteiger partial charge is 0.408 e. The summed E-state index contributed by atoms with van der Waals surface area (Å²) < 4.78 is 60.0. The van der Waals surface area contributed by atoms with Crippen molar-refractivity contribution in [2.45, 2.75) is 84.0 Å². The van der Waals surface area contributed by atoms with Crippen molar-refractivity contribution in [1.29, 1.82) is 0 Å². The van der Waals surface area contributed by atoms with Gasteiger partial charge in [-0.2, -0.15) is 18.3 Å². The predicted octanol–water partition coefficient (Wildman–Crippen LogP) is 6.45. The Bertz CT molecular complexity index is 1640. The normalized spacial score (nSPS) is 15.0. The van der Waals surface area contributed by atoms with Crippen LogP contribution >= 0.6 is 0 Å². The highest BCUT2D eigenvalue weighted by atomic mass is 19.4. The molecular formula is C33H37F4N5O4. The topological polar surface area (TPSA) is 106 Å². The molecule has 0 saturated carbocycles. The van der Waals surface area contributed by atoms with Crippen LogP contribution in [0.2, 0.25) is 0 Å². The molecule has 9 nitrogen and oxygen atoms in total. The van der Waals surface area contributed by atoms with Crippen molar-refractivity contribution in [3.05, 3.63) is 70.3 Å². The summed E-state index contributed by atoms with van der Waals surface area (Å²) in [5, 5.41) is 9.61. The summed E-state index contributed by atoms with van der Waals surface area (Å²) in [5.74, 6) is -2.41. The Kier molecular flexibility index (Phi) is 9.41. The van der Waals surface area contributed by atoms with Gasteiger partial charge in [-0.25, -0.2) is 4.39 Å². The lowest BCUT2D eigenvalue weighted by Gasteiger charge is -2.30. The highest BCUT2D eigenvalue weighted by molar-refractivity contribution is 6.09. The van der Waals surface area contributed by atoms with Gasteiger partial charge in [0.05, 0.1) is 17.8 Å². The zero-order valence-electron chi connectivity index (χ0n) is 26.0. The van der Waals surface area contributed by atoms with Gasteiger partial charge < -0.3 is 20.3 Å². The molecule has 246 valence electrons. The van der Waals surface area contributed by atoms with E-state index >= 15 is 0 Å². The number of rotatable bonds is 8. The lowest BCUT2D eigenvalue weighted by Crippen LogP contribution is -2.30. The molecule has 0 bridgehead atoms. The lowest BCUT2D eigenvalue weighted by molar-refractivity contribution is -0.154. The van der Waals surface area contributed by atoms with Crippen molar-refractivity contribution >= 4 is 34.8 Å². The van der Waals surface area contributed by atoms with Crippen LogP contribution in [-0.4, -0.2) is 52.4 Å². The third-order valence-electron chi connectivity index (χ3n) is 7.82. The summed E-state index contributed by atoms with van der Waals surface area (Å²) in [4.78, 5) is 41.6. The second-order valence-electron chi connectivity index (χ2n) is 12.7. The van der Waals surface area contributed by atoms with E-state index in [0.717, 1.165) is 49.2 Å². The van der Waals surface area contributed by atoms with Crippen molar-refractivity contribution in [2.24, 2.45) is 0 Å². The summed E-state index contributed by atoms with van der Waals surface area (Å²) in [6, 6.07) is 8.49. The first-order valence-corrected chi connectivity index (χ1v) is 15.3. The fourth-order valence-corrected chi connectivity index (χ4v) is 5.92. The van der Waals surface area contributed by atoms with Gasteiger partial charge in [0, 0.05) is 35.6 Å². The zero-order valence-corrected chi connectivity index (χ0v) is 26.0. The minimum Gasteiger partial charge on any atom is -0.460 e. The Hall–Kier alpha value is -4.42. The van der Waals surface area contributed by atoms with Crippen molar-refractivity contribution in [3.8, 4) is 0 Å². The average molecular weight is 644 g/mol. The Morgan fingerprint density at radius 2 is 1.61 bits per heavy atom. The molecule has 0 unspecified atom stereocenters. The van der Waals surface area contributed by atoms with E-state index in [2.05, 4.69) is 20.6 Å². The van der Waals surface area contributed by atoms with Crippen LogP contribution < -0.4 is 15.5 Å². The first-order valence-electron chi connectivity index (χ1n) is 15.3. The number of anilines is 3. The summed E-state index contributed by atoms with van der Waals surface area (Å²) in [6.45, 7) is 5.32. The summed E-state index contributed by atoms with van der Waals surface area (Å²) in [5.41, 5.74) is 1.69. The number of nitrogens with zero attached hydrogens (tertiary/aromatic N) is 3. The number of piperidine rings is 1. The van der Waals surface area contributed by atoms with Gasteiger partial charge in [0.15, 0.2) is 5.69 Å². The molecule has 0 spiro atoms. The van der Waals surface area contributed by atoms with Crippen LogP contribution in [-0.2, 0) is 35.3 Å². The molecule has 46 heavy (non-hydrogen) atoms. The number of hydrogen-bond donors (Lipinski definition) is 2. The van der Waals surface area contributed by atoms with Gasteiger partial charge in [0.2, 0.25) is 0 Å². The van der Waals surface area contributed by atoms with E-state index in [1.165, 1.54) is 12.1 Å². The monoisotopic (exact) mass is 643 g/mol. The Balaban J connectivity index is 1.43. The number of amides is 2. The maximum atomic E-state index is 14.1. The maximum absolute atomic E-state index is 14.1. The van der Waals surface area contributed by atoms with Crippen LogP contribution in [0.5, 0.6) is 0 Å². The molecule has 2 aromatic carbocycles. The van der Waals surface area contributed by atoms with E-state index in [4.69, 9.17) is 4.74 Å². The molecule has 2 aliphatic rings. The zero-order chi connectivity index (χ0) is 33.2. The first-order chi connectivity index (χ1) is 21.7. The SMILES string of the molecule is CC(C)(C)OC(=O)Cc1cc(F)ccc1NC(=O)c1ccc(N2CCCCC2)c(NC(=O)c2nn(CC(F)(F)F)c3c2CCC3)c1. The first kappa shape index (κ1) is 33.0. The van der Waals surface area contributed by atoms with Gasteiger partial charge in [0.1, 0.15) is 18.0 Å². The number of ether oxygens (including phenoxy) is 1. The second-order valence-corrected chi connectivity index (χ2v) is 12.7. The number of nitrogens with one attached hydrogen (secondary N) is 2. The molecule has 13 heteroatoms. The predicted molar refractivity (Wildman–Crippen MR) is 165 cm³/mol. The highest BCUT2D eigenvalue weighted by Crippen LogP contribution is 2.33. The molecular weight excluding hydrogens is 606 g/mol. The van der Waals surface area contributed by atoms with Crippen LogP contribution in [0.1, 0.15) is 84.1 Å². The number of alkyl halides is 3. The molecule has 1 fully saturated rings. The lowest BCUT2D eigenvalue weighted by atomic mass is 10.1. The Morgan fingerprint density at radius 1 is 0.891 bits per heavy atom. The summed E-state index contributed by atoms with van der Waals surface area (Å²) >= 11 is 0. The standard InChI is InChI=1S/C33H37F4N5O4/c1-32(2,3)46-28(43)18-21-16-22(34)11-12-24(21)38-30(44)20-10-13-27(41-14-5-4-6-15-41)25(17-20)39-31(45)29-23-8-7-9-26(23)42(40-29)19-33(35,36)37/h10-13,16-17H,4-9,14-15,18-19H2,1-3H3,(H,38,44)(H,39,45). The van der Waals surface area contributed by atoms with E-state index in [9.17, 15) is 31.9 Å². The van der Waals surface area contributed by atoms with Crippen LogP contribution in [0.25, 0.3) is 0 Å². The third kappa shape index (κ3) is 8.04. The van der Waals surface area contributed by atoms with Gasteiger partial charge in [-0.3, -0.25) is 19.1 Å². The Labute approximate surface area is 264 Å². The number of benzene rings is 2. The minimum atomic E-state index is -4.49. The number of aromatic nitrogens is 2. The van der Waals surface area contributed by atoms with Crippen molar-refractivity contribution in [1.82, 2.24) is 9.78 Å². The summed E-state index contributed by atoms with van der Waals surface area (Å²) in [7, 11) is 0. The van der Waals surface area contributed by atoms with E-state index in [1.54, 1.807) is 32.9 Å². The molecule has 1 aliphatic carbocycles. The molecule has 2 heterocycles. The number of carbonyl (C=O) groups is 3. The van der Waals surface area contributed by atoms with E-state index in [1.807, 2.05) is 0 Å². The van der Waals surface area contributed by atoms with Crippen LogP contribution in [0.4, 0.5) is 34.6 Å². The second kappa shape index (κ2) is 13.1. The van der Waals surface area contributed by atoms with E-state index in [0.29, 0.717) is 41.9 Å². The molecule has 2 amide bonds. The summed E-state index contributed by atoms with van der Waals surface area (Å²) in [6.07, 6.45) is -0.349. The molecule has 1 aromatic heterocycles. The fraction of sp³-hybridized carbons (Fsp3) is 0.455. The third-order valence-corrected chi connectivity index (χ3v) is 7.82. The van der Waals surface area contributed by atoms with E-state index in [-0.39, 0.29) is 28.9 Å². The number of fused-ring (bicyclic) bond motifs is 1. The van der Waals surface area contributed by atoms with E-state index < -0.39 is 41.9 Å². The van der Waals surface area contributed by atoms with Crippen molar-refractivity contribution < 1.29 is 36.7 Å². The number of carbonyl (C=O) groups excluding carboxylic acids is 3. The molecule has 2 N–H and O–H groups in total. The number of hydrogen-bond acceptors (Lipinski definition) is 6. The molecule has 0 atom stereocenters. The fourth-order valence-electron chi connectivity index (χ4n) is 5.92. The quantitative estimate of drug-likeness (QED) is 0.216. The minimum absolute atomic E-state index is 0.0608. The van der Waals surface area contributed by atoms with Crippen molar-refractivity contribution in [2.75, 3.05) is 28.6 Å². The average Bonchev–Trinajstić information content (AvgIpc) is 3.57. The highest BCUT2D eigenvalue weighted by Gasteiger charge is 2.34. The van der Waals surface area contributed by atoms with Crippen LogP contribution in [0, 0.1) is 5.82 Å². The molecule has 0 radical (unpaired) electrons. The van der Waals surface area contributed by atoms with Gasteiger partial charge in [0.25, 0.3) is 11.8 Å². The largest absolute Gasteiger partial charge is 0.460 e. The van der Waals surface area contributed by atoms with Crippen LogP contribution in [0.3, 0.4) is 0 Å². The molecule has 3 aromatic rings. The van der Waals surface area contributed by atoms with Gasteiger partial charge in [-0.15, -0.1) is 0 Å². The molecule has 1 saturated heterocycles. The van der Waals surface area contributed by atoms with Gasteiger partial charge in [-0.1, -0.05) is 0 Å². The Morgan fingerprint density at radius 3 is 2.30 bits per heavy atom. The molecule has 5 rings (SSSR count). The molecule has 1 aliphatic heterocycles. The van der Waals surface area contributed by atoms with Gasteiger partial charge >= 0.3 is 12.1 Å². The van der Waals surface area contributed by atoms with Crippen LogP contribution in [0.15, 0.2) is 36.4 Å². The maximum Gasteiger partial charge on any atom is 0.408 e.